The minimum atomic E-state index is -4.24. The fourth-order valence-electron chi connectivity index (χ4n) is 1.61. The number of hydrogen-bond donors (Lipinski definition) is 2. The number of nitrogens with zero attached hydrogens (tertiary/aromatic N) is 1. The molecular formula is C11H16F2N2O4S. The largest absolute Gasteiger partial charge is 0.495 e. The zero-order valence-corrected chi connectivity index (χ0v) is 11.6. The summed E-state index contributed by atoms with van der Waals surface area (Å²) in [6.45, 7) is -2.03. The molecule has 0 aliphatic rings. The molecule has 0 unspecified atom stereocenters. The number of alkyl halides is 2. The van der Waals surface area contributed by atoms with Crippen LogP contribution in [0.3, 0.4) is 0 Å². The first-order chi connectivity index (χ1) is 9.32. The summed E-state index contributed by atoms with van der Waals surface area (Å²) in [6, 6.07) is 3.90. The molecule has 9 heteroatoms. The molecule has 1 aromatic rings. The first-order valence-electron chi connectivity index (χ1n) is 5.65. The Morgan fingerprint density at radius 1 is 1.45 bits per heavy atom. The summed E-state index contributed by atoms with van der Waals surface area (Å²) in [6.07, 6.45) is -2.86. The number of hydrogen-bond acceptors (Lipinski definition) is 5. The number of aliphatic hydroxyl groups is 1. The van der Waals surface area contributed by atoms with Gasteiger partial charge in [-0.05, 0) is 18.2 Å². The molecule has 0 aromatic heterocycles. The molecule has 0 saturated heterocycles. The van der Waals surface area contributed by atoms with Crippen molar-refractivity contribution in [3.63, 3.8) is 0 Å². The van der Waals surface area contributed by atoms with Crippen molar-refractivity contribution in [2.45, 2.75) is 11.3 Å². The number of halogens is 2. The first-order valence-corrected chi connectivity index (χ1v) is 7.09. The summed E-state index contributed by atoms with van der Waals surface area (Å²) in [5.41, 5.74) is 5.68. The van der Waals surface area contributed by atoms with Gasteiger partial charge in [-0.1, -0.05) is 0 Å². The highest BCUT2D eigenvalue weighted by Gasteiger charge is 2.29. The second-order valence-electron chi connectivity index (χ2n) is 3.89. The Balaban J connectivity index is 3.28. The Morgan fingerprint density at radius 2 is 2.10 bits per heavy atom. The van der Waals surface area contributed by atoms with E-state index in [0.717, 1.165) is 6.07 Å². The molecule has 0 atom stereocenters. The van der Waals surface area contributed by atoms with Crippen LogP contribution in [0, 0.1) is 0 Å². The van der Waals surface area contributed by atoms with E-state index in [1.807, 2.05) is 0 Å². The van der Waals surface area contributed by atoms with Crippen molar-refractivity contribution in [1.82, 2.24) is 4.31 Å². The number of sulfonamides is 1. The average molecular weight is 310 g/mol. The Labute approximate surface area is 115 Å². The summed E-state index contributed by atoms with van der Waals surface area (Å²) >= 11 is 0. The van der Waals surface area contributed by atoms with Crippen LogP contribution < -0.4 is 10.5 Å². The molecule has 0 bridgehead atoms. The molecule has 1 aromatic carbocycles. The van der Waals surface area contributed by atoms with E-state index in [4.69, 9.17) is 15.6 Å². The molecular weight excluding hydrogens is 294 g/mol. The standard InChI is InChI=1S/C11H16F2N2O4S/c1-19-9-3-2-8(14)6-10(9)20(17,18)15(4-5-16)7-11(12)13/h2-3,6,11,16H,4-5,7,14H2,1H3. The third-order valence-electron chi connectivity index (χ3n) is 2.50. The van der Waals surface area contributed by atoms with Crippen LogP contribution >= 0.6 is 0 Å². The van der Waals surface area contributed by atoms with E-state index in [1.54, 1.807) is 0 Å². The number of methoxy groups -OCH3 is 1. The van der Waals surface area contributed by atoms with Crippen LogP contribution in [0.4, 0.5) is 14.5 Å². The SMILES string of the molecule is COc1ccc(N)cc1S(=O)(=O)N(CCO)CC(F)F. The molecule has 0 saturated carbocycles. The normalized spacial score (nSPS) is 12.1. The van der Waals surface area contributed by atoms with Gasteiger partial charge in [0.2, 0.25) is 10.0 Å². The molecule has 1 rings (SSSR count). The number of rotatable bonds is 7. The van der Waals surface area contributed by atoms with Gasteiger partial charge in [0, 0.05) is 12.2 Å². The van der Waals surface area contributed by atoms with E-state index in [0.29, 0.717) is 4.31 Å². The maximum Gasteiger partial charge on any atom is 0.252 e. The summed E-state index contributed by atoms with van der Waals surface area (Å²) in [7, 11) is -2.98. The predicted molar refractivity (Wildman–Crippen MR) is 69.3 cm³/mol. The van der Waals surface area contributed by atoms with Crippen molar-refractivity contribution in [1.29, 1.82) is 0 Å². The maximum absolute atomic E-state index is 12.5. The third kappa shape index (κ3) is 3.78. The molecule has 0 radical (unpaired) electrons. The summed E-state index contributed by atoms with van der Waals surface area (Å²) < 4.78 is 55.0. The molecule has 3 N–H and O–H groups in total. The van der Waals surface area contributed by atoms with Crippen LogP contribution in [0.15, 0.2) is 23.1 Å². The monoisotopic (exact) mass is 310 g/mol. The van der Waals surface area contributed by atoms with Gasteiger partial charge in [0.15, 0.2) is 0 Å². The van der Waals surface area contributed by atoms with Gasteiger partial charge in [-0.3, -0.25) is 0 Å². The second kappa shape index (κ2) is 6.82. The highest BCUT2D eigenvalue weighted by atomic mass is 32.2. The summed E-state index contributed by atoms with van der Waals surface area (Å²) in [4.78, 5) is -0.311. The lowest BCUT2D eigenvalue weighted by atomic mass is 10.3. The molecule has 0 aliphatic carbocycles. The number of anilines is 1. The fraction of sp³-hybridized carbons (Fsp3) is 0.455. The van der Waals surface area contributed by atoms with Gasteiger partial charge in [0.25, 0.3) is 6.43 Å². The molecule has 0 aliphatic heterocycles. The Kier molecular flexibility index (Phi) is 5.66. The highest BCUT2D eigenvalue weighted by molar-refractivity contribution is 7.89. The molecule has 20 heavy (non-hydrogen) atoms. The lowest BCUT2D eigenvalue weighted by Crippen LogP contribution is -2.37. The molecule has 0 fully saturated rings. The molecule has 114 valence electrons. The van der Waals surface area contributed by atoms with Crippen LogP contribution in [0.2, 0.25) is 0 Å². The molecule has 0 spiro atoms. The Hall–Kier alpha value is -1.45. The van der Waals surface area contributed by atoms with Crippen LogP contribution in [0.5, 0.6) is 5.75 Å². The van der Waals surface area contributed by atoms with E-state index in [9.17, 15) is 17.2 Å². The number of ether oxygens (including phenoxy) is 1. The van der Waals surface area contributed by atoms with Gasteiger partial charge in [-0.2, -0.15) is 4.31 Å². The smallest absolute Gasteiger partial charge is 0.252 e. The van der Waals surface area contributed by atoms with Crippen LogP contribution in [0.1, 0.15) is 0 Å². The first kappa shape index (κ1) is 16.6. The number of nitrogens with two attached hydrogens (primary N) is 1. The van der Waals surface area contributed by atoms with Crippen molar-refractivity contribution in [3.8, 4) is 5.75 Å². The molecule has 6 nitrogen and oxygen atoms in total. The van der Waals surface area contributed by atoms with E-state index in [2.05, 4.69) is 0 Å². The van der Waals surface area contributed by atoms with Gasteiger partial charge >= 0.3 is 0 Å². The second-order valence-corrected chi connectivity index (χ2v) is 5.79. The predicted octanol–water partition coefficient (Wildman–Crippen LogP) is 0.526. The lowest BCUT2D eigenvalue weighted by Gasteiger charge is -2.22. The third-order valence-corrected chi connectivity index (χ3v) is 4.38. The quantitative estimate of drug-likeness (QED) is 0.717. The van der Waals surface area contributed by atoms with Crippen molar-refractivity contribution in [2.24, 2.45) is 0 Å². The van der Waals surface area contributed by atoms with E-state index >= 15 is 0 Å². The van der Waals surface area contributed by atoms with Crippen molar-refractivity contribution >= 4 is 15.7 Å². The van der Waals surface area contributed by atoms with Gasteiger partial charge in [0.1, 0.15) is 10.6 Å². The van der Waals surface area contributed by atoms with Crippen LogP contribution in [-0.4, -0.2) is 51.1 Å². The fourth-order valence-corrected chi connectivity index (χ4v) is 3.21. The van der Waals surface area contributed by atoms with Gasteiger partial charge in [-0.25, -0.2) is 17.2 Å². The van der Waals surface area contributed by atoms with Crippen molar-refractivity contribution in [3.05, 3.63) is 18.2 Å². The summed E-state index contributed by atoms with van der Waals surface area (Å²) in [5, 5.41) is 8.83. The topological polar surface area (TPSA) is 92.9 Å². The number of nitrogen functional groups attached to an aromatic ring is 1. The Morgan fingerprint density at radius 3 is 2.60 bits per heavy atom. The highest BCUT2D eigenvalue weighted by Crippen LogP contribution is 2.28. The zero-order valence-electron chi connectivity index (χ0n) is 10.8. The minimum absolute atomic E-state index is 0.00333. The van der Waals surface area contributed by atoms with Crippen LogP contribution in [0.25, 0.3) is 0 Å². The van der Waals surface area contributed by atoms with Crippen molar-refractivity contribution < 1.29 is 27.0 Å². The van der Waals surface area contributed by atoms with E-state index in [-0.39, 0.29) is 16.3 Å². The lowest BCUT2D eigenvalue weighted by molar-refractivity contribution is 0.113. The van der Waals surface area contributed by atoms with Gasteiger partial charge < -0.3 is 15.6 Å². The molecule has 0 heterocycles. The Bertz CT molecular complexity index is 551. The zero-order chi connectivity index (χ0) is 15.3. The van der Waals surface area contributed by atoms with Gasteiger partial charge in [0.05, 0.1) is 20.3 Å². The van der Waals surface area contributed by atoms with Gasteiger partial charge in [-0.15, -0.1) is 0 Å². The average Bonchev–Trinajstić information content (AvgIpc) is 2.37. The number of benzene rings is 1. The maximum atomic E-state index is 12.5. The van der Waals surface area contributed by atoms with Crippen LogP contribution in [-0.2, 0) is 10.0 Å². The van der Waals surface area contributed by atoms with Crippen molar-refractivity contribution in [2.75, 3.05) is 32.5 Å². The summed E-state index contributed by atoms with van der Waals surface area (Å²) in [5.74, 6) is -0.00333. The van der Waals surface area contributed by atoms with E-state index < -0.39 is 36.1 Å². The molecule has 0 amide bonds. The number of aliphatic hydroxyl groups excluding tert-OH is 1. The van der Waals surface area contributed by atoms with E-state index in [1.165, 1.54) is 19.2 Å². The minimum Gasteiger partial charge on any atom is -0.495 e.